The molecule has 1 N–H and O–H groups in total. The third-order valence-corrected chi connectivity index (χ3v) is 5.18. The molecule has 0 aromatic heterocycles. The van der Waals surface area contributed by atoms with Gasteiger partial charge in [0.25, 0.3) is 0 Å². The van der Waals surface area contributed by atoms with Gasteiger partial charge in [0.2, 0.25) is 5.91 Å². The number of nitrogens with zero attached hydrogens (tertiary/aromatic N) is 1. The van der Waals surface area contributed by atoms with E-state index in [0.29, 0.717) is 11.6 Å². The summed E-state index contributed by atoms with van der Waals surface area (Å²) in [7, 11) is 0. The van der Waals surface area contributed by atoms with Crippen molar-refractivity contribution in [3.63, 3.8) is 0 Å². The number of para-hydroxylation sites is 1. The van der Waals surface area contributed by atoms with Crippen LogP contribution >= 0.6 is 11.6 Å². The fraction of sp³-hybridized carbons (Fsp3) is 0.278. The van der Waals surface area contributed by atoms with Gasteiger partial charge >= 0.3 is 0 Å². The maximum absolute atomic E-state index is 13.1. The van der Waals surface area contributed by atoms with Gasteiger partial charge in [-0.25, -0.2) is 0 Å². The van der Waals surface area contributed by atoms with Gasteiger partial charge in [-0.05, 0) is 36.2 Å². The van der Waals surface area contributed by atoms with Gasteiger partial charge in [-0.1, -0.05) is 48.0 Å². The number of fused-ring (bicyclic) bond motifs is 2. The Bertz CT molecular complexity index is 737. The lowest BCUT2D eigenvalue weighted by atomic mass is 9.81. The summed E-state index contributed by atoms with van der Waals surface area (Å²) in [4.78, 5) is 15.0. The van der Waals surface area contributed by atoms with Gasteiger partial charge in [0.1, 0.15) is 0 Å². The van der Waals surface area contributed by atoms with Gasteiger partial charge in [0.15, 0.2) is 0 Å². The summed E-state index contributed by atoms with van der Waals surface area (Å²) in [5.74, 6) is 0.193. The van der Waals surface area contributed by atoms with Crippen molar-refractivity contribution >= 4 is 23.2 Å². The molecule has 0 bridgehead atoms. The normalized spacial score (nSPS) is 23.3. The molecule has 1 fully saturated rings. The van der Waals surface area contributed by atoms with E-state index in [-0.39, 0.29) is 5.91 Å². The van der Waals surface area contributed by atoms with Crippen LogP contribution in [-0.2, 0) is 16.8 Å². The highest BCUT2D eigenvalue weighted by Crippen LogP contribution is 2.46. The summed E-state index contributed by atoms with van der Waals surface area (Å²) in [5, 5.41) is 4.06. The Morgan fingerprint density at radius 1 is 1.14 bits per heavy atom. The standard InChI is InChI=1S/C18H17ClN2O/c19-15-7-3-1-5-13(15)11-21-16-8-4-2-6-14(16)18(17(21)22)9-10-20-12-18/h1-8,20H,9-12H2. The third kappa shape index (κ3) is 1.89. The number of carbonyl (C=O) groups excluding carboxylic acids is 1. The van der Waals surface area contributed by atoms with Crippen molar-refractivity contribution in [2.75, 3.05) is 18.0 Å². The molecule has 2 aromatic carbocycles. The van der Waals surface area contributed by atoms with E-state index < -0.39 is 5.41 Å². The molecule has 0 aliphatic carbocycles. The highest BCUT2D eigenvalue weighted by molar-refractivity contribution is 6.31. The van der Waals surface area contributed by atoms with Gasteiger partial charge < -0.3 is 10.2 Å². The van der Waals surface area contributed by atoms with E-state index in [1.165, 1.54) is 0 Å². The number of halogens is 1. The van der Waals surface area contributed by atoms with Crippen molar-refractivity contribution in [2.45, 2.75) is 18.4 Å². The maximum Gasteiger partial charge on any atom is 0.239 e. The predicted molar refractivity (Wildman–Crippen MR) is 88.2 cm³/mol. The number of hydrogen-bond acceptors (Lipinski definition) is 2. The Kier molecular flexibility index (Phi) is 3.21. The largest absolute Gasteiger partial charge is 0.315 e. The van der Waals surface area contributed by atoms with E-state index in [9.17, 15) is 4.79 Å². The molecule has 3 nitrogen and oxygen atoms in total. The lowest BCUT2D eigenvalue weighted by Gasteiger charge is -2.23. The predicted octanol–water partition coefficient (Wildman–Crippen LogP) is 3.12. The second-order valence-corrected chi connectivity index (χ2v) is 6.42. The molecule has 1 amide bonds. The van der Waals surface area contributed by atoms with Crippen molar-refractivity contribution in [1.29, 1.82) is 0 Å². The second kappa shape index (κ2) is 5.11. The Hall–Kier alpha value is -1.84. The first kappa shape index (κ1) is 13.8. The number of anilines is 1. The topological polar surface area (TPSA) is 32.3 Å². The molecule has 2 aromatic rings. The lowest BCUT2D eigenvalue weighted by molar-refractivity contribution is -0.122. The Balaban J connectivity index is 1.78. The minimum absolute atomic E-state index is 0.193. The third-order valence-electron chi connectivity index (χ3n) is 4.81. The molecule has 2 heterocycles. The molecule has 2 aliphatic rings. The molecule has 2 aliphatic heterocycles. The molecule has 1 atom stereocenters. The average molecular weight is 313 g/mol. The first-order chi connectivity index (χ1) is 10.7. The first-order valence-corrected chi connectivity index (χ1v) is 7.96. The smallest absolute Gasteiger partial charge is 0.239 e. The van der Waals surface area contributed by atoms with Crippen molar-refractivity contribution in [2.24, 2.45) is 0 Å². The average Bonchev–Trinajstić information content (AvgIpc) is 3.11. The summed E-state index contributed by atoms with van der Waals surface area (Å²) < 4.78 is 0. The van der Waals surface area contributed by atoms with Gasteiger partial charge in [-0.15, -0.1) is 0 Å². The highest BCUT2D eigenvalue weighted by atomic mass is 35.5. The lowest BCUT2D eigenvalue weighted by Crippen LogP contribution is -2.41. The van der Waals surface area contributed by atoms with E-state index in [4.69, 9.17) is 11.6 Å². The summed E-state index contributed by atoms with van der Waals surface area (Å²) in [5.41, 5.74) is 2.76. The fourth-order valence-corrected chi connectivity index (χ4v) is 3.85. The molecular formula is C18H17ClN2O. The number of nitrogens with one attached hydrogen (secondary N) is 1. The van der Waals surface area contributed by atoms with E-state index in [0.717, 1.165) is 36.3 Å². The van der Waals surface area contributed by atoms with Gasteiger partial charge in [-0.2, -0.15) is 0 Å². The van der Waals surface area contributed by atoms with Crippen molar-refractivity contribution < 1.29 is 4.79 Å². The number of rotatable bonds is 2. The maximum atomic E-state index is 13.1. The van der Waals surface area contributed by atoms with Crippen LogP contribution in [0.3, 0.4) is 0 Å². The number of carbonyl (C=O) groups is 1. The monoisotopic (exact) mass is 312 g/mol. The molecule has 22 heavy (non-hydrogen) atoms. The molecule has 4 rings (SSSR count). The van der Waals surface area contributed by atoms with E-state index in [1.54, 1.807) is 0 Å². The zero-order valence-electron chi connectivity index (χ0n) is 12.2. The van der Waals surface area contributed by atoms with E-state index in [1.807, 2.05) is 47.4 Å². The molecule has 1 saturated heterocycles. The number of hydrogen-bond donors (Lipinski definition) is 1. The van der Waals surface area contributed by atoms with Crippen LogP contribution in [0.5, 0.6) is 0 Å². The molecule has 1 spiro atoms. The quantitative estimate of drug-likeness (QED) is 0.924. The van der Waals surface area contributed by atoms with Crippen LogP contribution in [0, 0.1) is 0 Å². The molecule has 0 saturated carbocycles. The van der Waals surface area contributed by atoms with Gasteiger partial charge in [-0.3, -0.25) is 4.79 Å². The Morgan fingerprint density at radius 2 is 1.91 bits per heavy atom. The van der Waals surface area contributed by atoms with Gasteiger partial charge in [0, 0.05) is 17.3 Å². The van der Waals surface area contributed by atoms with Crippen LogP contribution < -0.4 is 10.2 Å². The van der Waals surface area contributed by atoms with Crippen LogP contribution in [0.25, 0.3) is 0 Å². The fourth-order valence-electron chi connectivity index (χ4n) is 3.65. The molecular weight excluding hydrogens is 296 g/mol. The minimum atomic E-state index is -0.391. The van der Waals surface area contributed by atoms with E-state index in [2.05, 4.69) is 11.4 Å². The second-order valence-electron chi connectivity index (χ2n) is 6.01. The molecule has 0 radical (unpaired) electrons. The minimum Gasteiger partial charge on any atom is -0.315 e. The molecule has 112 valence electrons. The zero-order valence-corrected chi connectivity index (χ0v) is 12.9. The Morgan fingerprint density at radius 3 is 2.68 bits per heavy atom. The number of amides is 1. The summed E-state index contributed by atoms with van der Waals surface area (Å²) in [6, 6.07) is 15.9. The van der Waals surface area contributed by atoms with Crippen LogP contribution in [0.1, 0.15) is 17.5 Å². The van der Waals surface area contributed by atoms with Gasteiger partial charge in [0.05, 0.1) is 12.0 Å². The SMILES string of the molecule is O=C1N(Cc2ccccc2Cl)c2ccccc2C12CCNC2. The summed E-state index contributed by atoms with van der Waals surface area (Å²) >= 11 is 6.28. The highest BCUT2D eigenvalue weighted by Gasteiger charge is 2.52. The first-order valence-electron chi connectivity index (χ1n) is 7.58. The van der Waals surface area contributed by atoms with Crippen molar-refractivity contribution in [1.82, 2.24) is 5.32 Å². The molecule has 1 unspecified atom stereocenters. The van der Waals surface area contributed by atoms with Crippen LogP contribution in [0.4, 0.5) is 5.69 Å². The van der Waals surface area contributed by atoms with Crippen LogP contribution in [0.2, 0.25) is 5.02 Å². The van der Waals surface area contributed by atoms with Crippen molar-refractivity contribution in [3.05, 3.63) is 64.7 Å². The van der Waals surface area contributed by atoms with E-state index >= 15 is 0 Å². The van der Waals surface area contributed by atoms with Crippen molar-refractivity contribution in [3.8, 4) is 0 Å². The summed E-state index contributed by atoms with van der Waals surface area (Å²) in [6.07, 6.45) is 0.863. The number of benzene rings is 2. The van der Waals surface area contributed by atoms with Crippen LogP contribution in [-0.4, -0.2) is 19.0 Å². The van der Waals surface area contributed by atoms with Crippen LogP contribution in [0.15, 0.2) is 48.5 Å². The summed E-state index contributed by atoms with van der Waals surface area (Å²) in [6.45, 7) is 2.14. The zero-order chi connectivity index (χ0) is 15.2. The Labute approximate surface area is 134 Å². The molecule has 4 heteroatoms.